The van der Waals surface area contributed by atoms with E-state index in [2.05, 4.69) is 10.1 Å². The zero-order chi connectivity index (χ0) is 20.4. The van der Waals surface area contributed by atoms with Crippen molar-refractivity contribution in [1.29, 1.82) is 0 Å². The number of aromatic hydroxyl groups is 3. The molecule has 0 aliphatic rings. The van der Waals surface area contributed by atoms with E-state index in [0.29, 0.717) is 10.5 Å². The van der Waals surface area contributed by atoms with Crippen LogP contribution in [0.1, 0.15) is 5.56 Å². The predicted molar refractivity (Wildman–Crippen MR) is 112 cm³/mol. The van der Waals surface area contributed by atoms with Gasteiger partial charge in [0.1, 0.15) is 5.82 Å². The molecule has 3 N–H and O–H groups in total. The number of nitrogens with zero attached hydrogens (tertiary/aromatic N) is 3. The largest absolute Gasteiger partial charge is 0.504 e. The average Bonchev–Trinajstić information content (AvgIpc) is 3.37. The number of thiophene rings is 1. The van der Waals surface area contributed by atoms with E-state index in [1.54, 1.807) is 16.8 Å². The number of benzene rings is 2. The van der Waals surface area contributed by atoms with Crippen LogP contribution in [0.2, 0.25) is 0 Å². The number of phenols is 3. The van der Waals surface area contributed by atoms with Gasteiger partial charge in [-0.05, 0) is 47.8 Å². The van der Waals surface area contributed by atoms with Crippen molar-refractivity contribution in [2.75, 3.05) is 0 Å². The number of rotatable bonds is 4. The zero-order valence-corrected chi connectivity index (χ0v) is 16.4. The minimum Gasteiger partial charge on any atom is -0.504 e. The highest BCUT2D eigenvalue weighted by Crippen LogP contribution is 2.36. The van der Waals surface area contributed by atoms with Gasteiger partial charge in [0.05, 0.1) is 22.5 Å². The van der Waals surface area contributed by atoms with E-state index in [1.165, 1.54) is 53.2 Å². The molecule has 2 aromatic carbocycles. The molecule has 0 aliphatic carbocycles. The summed E-state index contributed by atoms with van der Waals surface area (Å²) in [5, 5.41) is 37.5. The van der Waals surface area contributed by atoms with Crippen LogP contribution >= 0.6 is 22.7 Å². The molecule has 6 nitrogen and oxygen atoms in total. The first-order valence-electron chi connectivity index (χ1n) is 8.36. The Hall–Kier alpha value is -3.43. The van der Waals surface area contributed by atoms with Crippen molar-refractivity contribution in [2.45, 2.75) is 0 Å². The summed E-state index contributed by atoms with van der Waals surface area (Å²) in [6, 6.07) is 12.4. The molecule has 0 saturated carbocycles. The minimum absolute atomic E-state index is 0.226. The fraction of sp³-hybridized carbons (Fsp3) is 0. The molecule has 29 heavy (non-hydrogen) atoms. The van der Waals surface area contributed by atoms with Gasteiger partial charge in [0, 0.05) is 10.9 Å². The second-order valence-corrected chi connectivity index (χ2v) is 7.68. The van der Waals surface area contributed by atoms with Crippen LogP contribution in [0.3, 0.4) is 0 Å². The predicted octanol–water partition coefficient (Wildman–Crippen LogP) is 4.65. The SMILES string of the molecule is Oc1ccc(C=Nn2c(-c3cccs3)csc2=Nc2ccc(F)cc2)c(O)c1O. The molecule has 2 aromatic heterocycles. The molecule has 0 unspecified atom stereocenters. The second kappa shape index (κ2) is 7.90. The first kappa shape index (κ1) is 18.9. The highest BCUT2D eigenvalue weighted by atomic mass is 32.1. The Balaban J connectivity index is 1.83. The Morgan fingerprint density at radius 3 is 2.45 bits per heavy atom. The summed E-state index contributed by atoms with van der Waals surface area (Å²) < 4.78 is 14.8. The first-order chi connectivity index (χ1) is 14.0. The van der Waals surface area contributed by atoms with E-state index in [0.717, 1.165) is 10.6 Å². The van der Waals surface area contributed by atoms with E-state index >= 15 is 0 Å². The van der Waals surface area contributed by atoms with Crippen LogP contribution < -0.4 is 4.80 Å². The van der Waals surface area contributed by atoms with Crippen molar-refractivity contribution < 1.29 is 19.7 Å². The lowest BCUT2D eigenvalue weighted by Gasteiger charge is -2.04. The van der Waals surface area contributed by atoms with Crippen molar-refractivity contribution >= 4 is 34.6 Å². The zero-order valence-electron chi connectivity index (χ0n) is 14.7. The molecule has 4 rings (SSSR count). The van der Waals surface area contributed by atoms with Crippen molar-refractivity contribution in [1.82, 2.24) is 4.68 Å². The Morgan fingerprint density at radius 1 is 0.931 bits per heavy atom. The number of thiazole rings is 1. The summed E-state index contributed by atoms with van der Waals surface area (Å²) in [5.74, 6) is -1.85. The molecule has 0 bridgehead atoms. The average molecular weight is 427 g/mol. The summed E-state index contributed by atoms with van der Waals surface area (Å²) in [7, 11) is 0. The van der Waals surface area contributed by atoms with Gasteiger partial charge >= 0.3 is 0 Å². The van der Waals surface area contributed by atoms with E-state index in [1.807, 2.05) is 22.9 Å². The number of hydrogen-bond donors (Lipinski definition) is 3. The molecule has 2 heterocycles. The molecule has 0 spiro atoms. The van der Waals surface area contributed by atoms with Gasteiger partial charge in [-0.2, -0.15) is 5.10 Å². The van der Waals surface area contributed by atoms with E-state index in [-0.39, 0.29) is 11.4 Å². The third kappa shape index (κ3) is 3.91. The van der Waals surface area contributed by atoms with Gasteiger partial charge in [0.15, 0.2) is 11.5 Å². The van der Waals surface area contributed by atoms with Gasteiger partial charge in [0.2, 0.25) is 10.6 Å². The maximum atomic E-state index is 13.2. The maximum absolute atomic E-state index is 13.2. The van der Waals surface area contributed by atoms with Crippen LogP contribution in [0, 0.1) is 5.82 Å². The summed E-state index contributed by atoms with van der Waals surface area (Å²) in [5.41, 5.74) is 1.59. The van der Waals surface area contributed by atoms with Gasteiger partial charge in [-0.3, -0.25) is 0 Å². The lowest BCUT2D eigenvalue weighted by Crippen LogP contribution is -2.11. The number of aromatic nitrogens is 1. The molecule has 0 saturated heterocycles. The molecule has 0 amide bonds. The summed E-state index contributed by atoms with van der Waals surface area (Å²) in [4.78, 5) is 6.04. The maximum Gasteiger partial charge on any atom is 0.211 e. The Labute approximate surface area is 172 Å². The molecule has 9 heteroatoms. The monoisotopic (exact) mass is 427 g/mol. The highest BCUT2D eigenvalue weighted by molar-refractivity contribution is 7.14. The molecule has 0 aliphatic heterocycles. The fourth-order valence-corrected chi connectivity index (χ4v) is 4.17. The van der Waals surface area contributed by atoms with Gasteiger partial charge < -0.3 is 15.3 Å². The van der Waals surface area contributed by atoms with Gasteiger partial charge in [-0.15, -0.1) is 22.7 Å². The first-order valence-corrected chi connectivity index (χ1v) is 10.1. The normalized spacial score (nSPS) is 12.1. The van der Waals surface area contributed by atoms with Gasteiger partial charge in [0.25, 0.3) is 0 Å². The lowest BCUT2D eigenvalue weighted by molar-refractivity contribution is 0.367. The van der Waals surface area contributed by atoms with Crippen LogP contribution in [0.25, 0.3) is 10.6 Å². The third-order valence-electron chi connectivity index (χ3n) is 3.98. The van der Waals surface area contributed by atoms with E-state index in [9.17, 15) is 19.7 Å². The lowest BCUT2D eigenvalue weighted by atomic mass is 10.2. The summed E-state index contributed by atoms with van der Waals surface area (Å²) in [6.07, 6.45) is 1.36. The number of phenolic OH excluding ortho intramolecular Hbond substituents is 3. The highest BCUT2D eigenvalue weighted by Gasteiger charge is 2.11. The number of hydrogen-bond acceptors (Lipinski definition) is 7. The fourth-order valence-electron chi connectivity index (χ4n) is 2.52. The molecule has 146 valence electrons. The number of halogens is 1. The molecule has 0 radical (unpaired) electrons. The smallest absolute Gasteiger partial charge is 0.211 e. The van der Waals surface area contributed by atoms with Gasteiger partial charge in [-0.25, -0.2) is 14.1 Å². The van der Waals surface area contributed by atoms with E-state index in [4.69, 9.17) is 0 Å². The van der Waals surface area contributed by atoms with Crippen LogP contribution in [0.4, 0.5) is 10.1 Å². The molecular weight excluding hydrogens is 413 g/mol. The summed E-state index contributed by atoms with van der Waals surface area (Å²) in [6.45, 7) is 0. The van der Waals surface area contributed by atoms with Crippen molar-refractivity contribution in [3.63, 3.8) is 0 Å². The third-order valence-corrected chi connectivity index (χ3v) is 5.69. The van der Waals surface area contributed by atoms with Crippen LogP contribution in [0.15, 0.2) is 69.4 Å². The standard InChI is InChI=1S/C20H14FN3O3S2/c21-13-4-6-14(7-5-13)23-20-24(15(11-29-20)17-2-1-9-28-17)22-10-12-3-8-16(25)19(27)18(12)26/h1-11,25-27H. The summed E-state index contributed by atoms with van der Waals surface area (Å²) >= 11 is 2.90. The minimum atomic E-state index is -0.612. The second-order valence-electron chi connectivity index (χ2n) is 5.90. The van der Waals surface area contributed by atoms with Crippen LogP contribution in [0.5, 0.6) is 17.2 Å². The van der Waals surface area contributed by atoms with Crippen molar-refractivity contribution in [2.24, 2.45) is 10.1 Å². The van der Waals surface area contributed by atoms with E-state index < -0.39 is 17.2 Å². The van der Waals surface area contributed by atoms with Crippen LogP contribution in [-0.4, -0.2) is 26.2 Å². The van der Waals surface area contributed by atoms with Gasteiger partial charge in [-0.1, -0.05) is 6.07 Å². The Kier molecular flexibility index (Phi) is 5.15. The molecule has 0 atom stereocenters. The Morgan fingerprint density at radius 2 is 1.72 bits per heavy atom. The molecule has 0 fully saturated rings. The molecule has 4 aromatic rings. The topological polar surface area (TPSA) is 90.3 Å². The molecular formula is C20H14FN3O3S2. The van der Waals surface area contributed by atoms with Crippen LogP contribution in [-0.2, 0) is 0 Å². The van der Waals surface area contributed by atoms with Crippen molar-refractivity contribution in [3.05, 3.63) is 75.5 Å². The Bertz CT molecular complexity index is 1240. The van der Waals surface area contributed by atoms with Crippen molar-refractivity contribution in [3.8, 4) is 27.8 Å². The quantitative estimate of drug-likeness (QED) is 0.327.